The molecule has 0 saturated carbocycles. The molecule has 5 nitrogen and oxygen atoms in total. The maximum absolute atomic E-state index is 12.4. The number of H-pyrrole nitrogens is 1. The molecular weight excluding hydrogens is 286 g/mol. The van der Waals surface area contributed by atoms with E-state index in [1.54, 1.807) is 12.1 Å². The number of hydrogen-bond donors (Lipinski definition) is 3. The van der Waals surface area contributed by atoms with E-state index in [-0.39, 0.29) is 4.90 Å². The van der Waals surface area contributed by atoms with Crippen molar-refractivity contribution in [1.29, 1.82) is 0 Å². The van der Waals surface area contributed by atoms with Crippen molar-refractivity contribution in [3.63, 3.8) is 0 Å². The maximum Gasteiger partial charge on any atom is 0.263 e. The summed E-state index contributed by atoms with van der Waals surface area (Å²) in [4.78, 5) is 3.21. The molecule has 2 aromatic rings. The number of aromatic amines is 1. The van der Waals surface area contributed by atoms with Crippen LogP contribution < -0.4 is 10.0 Å². The predicted octanol–water partition coefficient (Wildman–Crippen LogP) is 2.49. The molecule has 1 heterocycles. The van der Waals surface area contributed by atoms with Gasteiger partial charge in [0.2, 0.25) is 0 Å². The lowest BCUT2D eigenvalue weighted by molar-refractivity contribution is 0.601. The first kappa shape index (κ1) is 15.6. The first-order chi connectivity index (χ1) is 10.1. The standard InChI is InChI=1S/C15H21N3O2S/c1-3-6-12-7-4-5-8-15(12)18-21(19,20)14-9-13(10-16-2)17-11-14/h4-5,7-9,11,16-18H,3,6,10H2,1-2H3. The van der Waals surface area contributed by atoms with Crippen molar-refractivity contribution in [3.05, 3.63) is 47.8 Å². The van der Waals surface area contributed by atoms with Crippen molar-refractivity contribution in [1.82, 2.24) is 10.3 Å². The van der Waals surface area contributed by atoms with E-state index in [1.165, 1.54) is 6.20 Å². The van der Waals surface area contributed by atoms with Gasteiger partial charge in [-0.05, 0) is 31.2 Å². The minimum atomic E-state index is -3.56. The van der Waals surface area contributed by atoms with Gasteiger partial charge in [-0.25, -0.2) is 8.42 Å². The lowest BCUT2D eigenvalue weighted by atomic mass is 10.1. The van der Waals surface area contributed by atoms with E-state index in [9.17, 15) is 8.42 Å². The maximum atomic E-state index is 12.4. The second-order valence-electron chi connectivity index (χ2n) is 4.90. The van der Waals surface area contributed by atoms with Crippen LogP contribution in [0.3, 0.4) is 0 Å². The molecule has 0 aliphatic rings. The van der Waals surface area contributed by atoms with Crippen LogP contribution in [0.25, 0.3) is 0 Å². The summed E-state index contributed by atoms with van der Waals surface area (Å²) in [7, 11) is -1.75. The summed E-state index contributed by atoms with van der Waals surface area (Å²) in [6.07, 6.45) is 3.32. The number of sulfonamides is 1. The Bertz CT molecular complexity index is 692. The third kappa shape index (κ3) is 3.86. The molecule has 1 aromatic carbocycles. The lowest BCUT2D eigenvalue weighted by Crippen LogP contribution is -2.13. The number of rotatable bonds is 7. The van der Waals surface area contributed by atoms with Crippen LogP contribution in [0.2, 0.25) is 0 Å². The van der Waals surface area contributed by atoms with Gasteiger partial charge in [0, 0.05) is 18.4 Å². The quantitative estimate of drug-likeness (QED) is 0.736. The highest BCUT2D eigenvalue weighted by molar-refractivity contribution is 7.92. The van der Waals surface area contributed by atoms with Gasteiger partial charge < -0.3 is 10.3 Å². The summed E-state index contributed by atoms with van der Waals surface area (Å²) in [5.74, 6) is 0. The van der Waals surface area contributed by atoms with Crippen LogP contribution in [-0.4, -0.2) is 20.4 Å². The fourth-order valence-corrected chi connectivity index (χ4v) is 3.30. The number of benzene rings is 1. The molecule has 0 saturated heterocycles. The number of anilines is 1. The monoisotopic (exact) mass is 307 g/mol. The second kappa shape index (κ2) is 6.78. The van der Waals surface area contributed by atoms with Crippen LogP contribution in [0.15, 0.2) is 41.4 Å². The Hall–Kier alpha value is -1.79. The Morgan fingerprint density at radius 2 is 2.00 bits per heavy atom. The molecule has 21 heavy (non-hydrogen) atoms. The molecule has 0 bridgehead atoms. The molecule has 114 valence electrons. The van der Waals surface area contributed by atoms with Crippen LogP contribution >= 0.6 is 0 Å². The van der Waals surface area contributed by atoms with Gasteiger partial charge in [-0.1, -0.05) is 31.5 Å². The fraction of sp³-hybridized carbons (Fsp3) is 0.333. The van der Waals surface area contributed by atoms with Gasteiger partial charge in [0.1, 0.15) is 4.90 Å². The van der Waals surface area contributed by atoms with Gasteiger partial charge in [-0.3, -0.25) is 4.72 Å². The van der Waals surface area contributed by atoms with Crippen LogP contribution in [0.5, 0.6) is 0 Å². The lowest BCUT2D eigenvalue weighted by Gasteiger charge is -2.11. The van der Waals surface area contributed by atoms with Gasteiger partial charge in [-0.2, -0.15) is 0 Å². The van der Waals surface area contributed by atoms with Crippen molar-refractivity contribution >= 4 is 15.7 Å². The van der Waals surface area contributed by atoms with Crippen LogP contribution in [0.4, 0.5) is 5.69 Å². The molecule has 0 spiro atoms. The normalized spacial score (nSPS) is 11.5. The summed E-state index contributed by atoms with van der Waals surface area (Å²) in [6, 6.07) is 9.14. The summed E-state index contributed by atoms with van der Waals surface area (Å²) in [5.41, 5.74) is 2.49. The van der Waals surface area contributed by atoms with E-state index >= 15 is 0 Å². The Morgan fingerprint density at radius 1 is 1.24 bits per heavy atom. The van der Waals surface area contributed by atoms with Crippen molar-refractivity contribution in [2.45, 2.75) is 31.2 Å². The smallest absolute Gasteiger partial charge is 0.263 e. The third-order valence-corrected chi connectivity index (χ3v) is 4.52. The number of para-hydroxylation sites is 1. The number of aromatic nitrogens is 1. The van der Waals surface area contributed by atoms with Gasteiger partial charge in [0.15, 0.2) is 0 Å². The molecule has 2 rings (SSSR count). The van der Waals surface area contributed by atoms with Crippen molar-refractivity contribution in [2.75, 3.05) is 11.8 Å². The van der Waals surface area contributed by atoms with Crippen molar-refractivity contribution < 1.29 is 8.42 Å². The zero-order valence-electron chi connectivity index (χ0n) is 12.3. The number of aryl methyl sites for hydroxylation is 1. The molecule has 6 heteroatoms. The Labute approximate surface area is 125 Å². The molecule has 0 aliphatic heterocycles. The number of nitrogens with one attached hydrogen (secondary N) is 3. The van der Waals surface area contributed by atoms with E-state index < -0.39 is 10.0 Å². The van der Waals surface area contributed by atoms with E-state index in [0.717, 1.165) is 24.1 Å². The van der Waals surface area contributed by atoms with Crippen LogP contribution in [0.1, 0.15) is 24.6 Å². The summed E-state index contributed by atoms with van der Waals surface area (Å²) in [6.45, 7) is 2.67. The van der Waals surface area contributed by atoms with E-state index in [2.05, 4.69) is 21.9 Å². The highest BCUT2D eigenvalue weighted by Crippen LogP contribution is 2.21. The molecular formula is C15H21N3O2S. The highest BCUT2D eigenvalue weighted by Gasteiger charge is 2.17. The molecule has 0 fully saturated rings. The van der Waals surface area contributed by atoms with Crippen LogP contribution in [-0.2, 0) is 23.0 Å². The minimum Gasteiger partial charge on any atom is -0.363 e. The largest absolute Gasteiger partial charge is 0.363 e. The third-order valence-electron chi connectivity index (χ3n) is 3.17. The van der Waals surface area contributed by atoms with Crippen molar-refractivity contribution in [3.8, 4) is 0 Å². The summed E-state index contributed by atoms with van der Waals surface area (Å²) < 4.78 is 27.5. The Kier molecular flexibility index (Phi) is 5.03. The first-order valence-corrected chi connectivity index (χ1v) is 8.47. The SMILES string of the molecule is CCCc1ccccc1NS(=O)(=O)c1c[nH]c(CNC)c1. The summed E-state index contributed by atoms with van der Waals surface area (Å²) >= 11 is 0. The predicted molar refractivity (Wildman–Crippen MR) is 84.8 cm³/mol. The Balaban J connectivity index is 2.24. The molecule has 1 aromatic heterocycles. The van der Waals surface area contributed by atoms with Gasteiger partial charge in [0.05, 0.1) is 5.69 Å². The summed E-state index contributed by atoms with van der Waals surface area (Å²) in [5, 5.41) is 2.98. The zero-order chi connectivity index (χ0) is 15.3. The van der Waals surface area contributed by atoms with Crippen molar-refractivity contribution in [2.24, 2.45) is 0 Å². The van der Waals surface area contributed by atoms with Gasteiger partial charge in [-0.15, -0.1) is 0 Å². The zero-order valence-corrected chi connectivity index (χ0v) is 13.1. The van der Waals surface area contributed by atoms with Crippen LogP contribution in [0, 0.1) is 0 Å². The fourth-order valence-electron chi connectivity index (χ4n) is 2.18. The molecule has 3 N–H and O–H groups in total. The first-order valence-electron chi connectivity index (χ1n) is 6.99. The van der Waals surface area contributed by atoms with E-state index in [0.29, 0.717) is 12.2 Å². The van der Waals surface area contributed by atoms with Gasteiger partial charge in [0.25, 0.3) is 10.0 Å². The van der Waals surface area contributed by atoms with Gasteiger partial charge >= 0.3 is 0 Å². The second-order valence-corrected chi connectivity index (χ2v) is 6.59. The highest BCUT2D eigenvalue weighted by atomic mass is 32.2. The average molecular weight is 307 g/mol. The molecule has 0 radical (unpaired) electrons. The molecule has 0 atom stereocenters. The molecule has 0 amide bonds. The molecule has 0 aliphatic carbocycles. The van der Waals surface area contributed by atoms with E-state index in [4.69, 9.17) is 0 Å². The van der Waals surface area contributed by atoms with E-state index in [1.807, 2.05) is 25.2 Å². The molecule has 0 unspecified atom stereocenters. The Morgan fingerprint density at radius 3 is 2.71 bits per heavy atom. The topological polar surface area (TPSA) is 74.0 Å². The number of hydrogen-bond acceptors (Lipinski definition) is 3. The minimum absolute atomic E-state index is 0.249. The average Bonchev–Trinajstić information content (AvgIpc) is 2.91.